The molecule has 17 heavy (non-hydrogen) atoms. The second-order valence-corrected chi connectivity index (χ2v) is 4.38. The second kappa shape index (κ2) is 4.55. The molecule has 1 saturated heterocycles. The molecule has 1 fully saturated rings. The molecule has 2 rings (SSSR count). The van der Waals surface area contributed by atoms with E-state index in [-0.39, 0.29) is 11.6 Å². The van der Waals surface area contributed by atoms with E-state index < -0.39 is 11.2 Å². The predicted octanol–water partition coefficient (Wildman–Crippen LogP) is -0.325. The minimum atomic E-state index is -0.613. The molecule has 6 nitrogen and oxygen atoms in total. The van der Waals surface area contributed by atoms with Gasteiger partial charge in [-0.1, -0.05) is 0 Å². The van der Waals surface area contributed by atoms with Gasteiger partial charge in [0.2, 0.25) is 0 Å². The third kappa shape index (κ3) is 2.29. The van der Waals surface area contributed by atoms with Crippen LogP contribution < -0.4 is 11.2 Å². The summed E-state index contributed by atoms with van der Waals surface area (Å²) in [4.78, 5) is 27.3. The molecule has 0 saturated carbocycles. The number of likely N-dealkylation sites (N-methyl/N-ethyl adjacent to an activating group) is 1. The topological polar surface area (TPSA) is 81.9 Å². The van der Waals surface area contributed by atoms with Crippen molar-refractivity contribution in [3.05, 3.63) is 32.6 Å². The van der Waals surface area contributed by atoms with Crippen LogP contribution in [-0.4, -0.2) is 34.6 Å². The molecule has 90 valence electrons. The molecule has 0 aliphatic carbocycles. The first-order valence-corrected chi connectivity index (χ1v) is 5.56. The van der Waals surface area contributed by atoms with Gasteiger partial charge >= 0.3 is 5.69 Å². The van der Waals surface area contributed by atoms with Gasteiger partial charge in [0.25, 0.3) is 5.56 Å². The van der Waals surface area contributed by atoms with E-state index in [0.717, 1.165) is 25.9 Å². The Morgan fingerprint density at radius 2 is 2.29 bits per heavy atom. The second-order valence-electron chi connectivity index (χ2n) is 4.38. The zero-order chi connectivity index (χ0) is 12.4. The number of aromatic amines is 1. The van der Waals surface area contributed by atoms with Gasteiger partial charge < -0.3 is 4.90 Å². The van der Waals surface area contributed by atoms with Crippen molar-refractivity contribution in [1.29, 1.82) is 5.26 Å². The molecule has 0 amide bonds. The van der Waals surface area contributed by atoms with Gasteiger partial charge in [-0.3, -0.25) is 14.3 Å². The molecule has 1 N–H and O–H groups in total. The third-order valence-electron chi connectivity index (χ3n) is 3.08. The lowest BCUT2D eigenvalue weighted by atomic mass is 10.1. The highest BCUT2D eigenvalue weighted by Crippen LogP contribution is 2.18. The fourth-order valence-corrected chi connectivity index (χ4v) is 2.20. The number of nitrogens with one attached hydrogen (secondary N) is 1. The van der Waals surface area contributed by atoms with E-state index in [1.807, 2.05) is 7.05 Å². The molecule has 6 heteroatoms. The maximum Gasteiger partial charge on any atom is 0.328 e. The fraction of sp³-hybridized carbons (Fsp3) is 0.545. The maximum atomic E-state index is 11.7. The van der Waals surface area contributed by atoms with Gasteiger partial charge in [0.05, 0.1) is 6.04 Å². The Balaban J connectivity index is 2.42. The van der Waals surface area contributed by atoms with Crippen molar-refractivity contribution in [2.45, 2.75) is 18.9 Å². The van der Waals surface area contributed by atoms with Gasteiger partial charge in [-0.15, -0.1) is 0 Å². The minimum Gasteiger partial charge on any atom is -0.304 e. The standard InChI is InChI=1S/C11H14N4O2/c1-14-4-2-3-9(7-14)15-6-8(5-12)10(16)13-11(15)17/h6,9H,2-4,7H2,1H3,(H,13,16,17). The zero-order valence-corrected chi connectivity index (χ0v) is 9.64. The van der Waals surface area contributed by atoms with Crippen LogP contribution in [0.15, 0.2) is 15.8 Å². The van der Waals surface area contributed by atoms with E-state index in [1.165, 1.54) is 10.8 Å². The maximum absolute atomic E-state index is 11.7. The SMILES string of the molecule is CN1CCCC(n2cc(C#N)c(=O)[nH]c2=O)C1. The van der Waals surface area contributed by atoms with Gasteiger partial charge in [-0.05, 0) is 26.4 Å². The fourth-order valence-electron chi connectivity index (χ4n) is 2.20. The lowest BCUT2D eigenvalue weighted by molar-refractivity contribution is 0.208. The summed E-state index contributed by atoms with van der Waals surface area (Å²) >= 11 is 0. The van der Waals surface area contributed by atoms with Crippen molar-refractivity contribution in [2.24, 2.45) is 0 Å². The van der Waals surface area contributed by atoms with Gasteiger partial charge in [-0.25, -0.2) is 4.79 Å². The zero-order valence-electron chi connectivity index (χ0n) is 9.64. The van der Waals surface area contributed by atoms with Crippen molar-refractivity contribution in [3.8, 4) is 6.07 Å². The summed E-state index contributed by atoms with van der Waals surface area (Å²) in [6, 6.07) is 1.83. The average molecular weight is 234 g/mol. The van der Waals surface area contributed by atoms with Gasteiger partial charge in [0.15, 0.2) is 0 Å². The number of nitrogens with zero attached hydrogens (tertiary/aromatic N) is 3. The molecule has 0 bridgehead atoms. The van der Waals surface area contributed by atoms with Gasteiger partial charge in [0.1, 0.15) is 11.6 Å². The van der Waals surface area contributed by atoms with Gasteiger partial charge in [0, 0.05) is 12.7 Å². The highest BCUT2D eigenvalue weighted by Gasteiger charge is 2.20. The van der Waals surface area contributed by atoms with Crippen molar-refractivity contribution >= 4 is 0 Å². The van der Waals surface area contributed by atoms with E-state index in [0.29, 0.717) is 0 Å². The van der Waals surface area contributed by atoms with Crippen LogP contribution in [-0.2, 0) is 0 Å². The monoisotopic (exact) mass is 234 g/mol. The summed E-state index contributed by atoms with van der Waals surface area (Å²) in [6.45, 7) is 1.77. The molecule has 1 aromatic rings. The average Bonchev–Trinajstić information content (AvgIpc) is 2.29. The first-order chi connectivity index (χ1) is 8.11. The Morgan fingerprint density at radius 3 is 2.94 bits per heavy atom. The molecule has 0 aromatic carbocycles. The van der Waals surface area contributed by atoms with Crippen LogP contribution in [0.1, 0.15) is 24.4 Å². The Kier molecular flexibility index (Phi) is 3.11. The Hall–Kier alpha value is -1.87. The van der Waals surface area contributed by atoms with Crippen molar-refractivity contribution in [3.63, 3.8) is 0 Å². The molecule has 1 aliphatic heterocycles. The minimum absolute atomic E-state index is 0.0159. The summed E-state index contributed by atoms with van der Waals surface area (Å²) in [5.74, 6) is 0. The molecular formula is C11H14N4O2. The normalized spacial score (nSPS) is 21.1. The number of aromatic nitrogens is 2. The quantitative estimate of drug-likeness (QED) is 0.721. The summed E-state index contributed by atoms with van der Waals surface area (Å²) in [7, 11) is 1.99. The number of rotatable bonds is 1. The number of hydrogen-bond donors (Lipinski definition) is 1. The lowest BCUT2D eigenvalue weighted by Gasteiger charge is -2.30. The number of likely N-dealkylation sites (tertiary alicyclic amines) is 1. The number of piperidine rings is 1. The third-order valence-corrected chi connectivity index (χ3v) is 3.08. The number of H-pyrrole nitrogens is 1. The highest BCUT2D eigenvalue weighted by molar-refractivity contribution is 5.21. The van der Waals surface area contributed by atoms with E-state index in [9.17, 15) is 9.59 Å². The van der Waals surface area contributed by atoms with Crippen LogP contribution >= 0.6 is 0 Å². The molecular weight excluding hydrogens is 220 g/mol. The van der Waals surface area contributed by atoms with E-state index in [1.54, 1.807) is 6.07 Å². The van der Waals surface area contributed by atoms with E-state index >= 15 is 0 Å². The molecule has 1 atom stereocenters. The van der Waals surface area contributed by atoms with E-state index in [4.69, 9.17) is 5.26 Å². The van der Waals surface area contributed by atoms with Gasteiger partial charge in [-0.2, -0.15) is 5.26 Å². The largest absolute Gasteiger partial charge is 0.328 e. The van der Waals surface area contributed by atoms with Crippen LogP contribution in [0.3, 0.4) is 0 Å². The van der Waals surface area contributed by atoms with Crippen molar-refractivity contribution in [1.82, 2.24) is 14.5 Å². The summed E-state index contributed by atoms with van der Waals surface area (Å²) < 4.78 is 1.47. The van der Waals surface area contributed by atoms with Crippen LogP contribution in [0.5, 0.6) is 0 Å². The molecule has 2 heterocycles. The summed E-state index contributed by atoms with van der Waals surface area (Å²) in [5.41, 5.74) is -1.06. The van der Waals surface area contributed by atoms with Crippen LogP contribution in [0.2, 0.25) is 0 Å². The van der Waals surface area contributed by atoms with E-state index in [2.05, 4.69) is 9.88 Å². The van der Waals surface area contributed by atoms with Crippen LogP contribution in [0.4, 0.5) is 0 Å². The van der Waals surface area contributed by atoms with Crippen LogP contribution in [0, 0.1) is 11.3 Å². The smallest absolute Gasteiger partial charge is 0.304 e. The molecule has 1 aliphatic rings. The first-order valence-electron chi connectivity index (χ1n) is 5.56. The molecule has 0 spiro atoms. The highest BCUT2D eigenvalue weighted by atomic mass is 16.2. The molecule has 1 unspecified atom stereocenters. The number of nitriles is 1. The van der Waals surface area contributed by atoms with Crippen molar-refractivity contribution in [2.75, 3.05) is 20.1 Å². The Morgan fingerprint density at radius 1 is 1.53 bits per heavy atom. The Labute approximate surface area is 98.1 Å². The van der Waals surface area contributed by atoms with Crippen molar-refractivity contribution < 1.29 is 0 Å². The molecule has 0 radical (unpaired) electrons. The Bertz CT molecular complexity index is 566. The first kappa shape index (κ1) is 11.6. The predicted molar refractivity (Wildman–Crippen MR) is 61.8 cm³/mol. The van der Waals surface area contributed by atoms with Crippen LogP contribution in [0.25, 0.3) is 0 Å². The number of hydrogen-bond acceptors (Lipinski definition) is 4. The summed E-state index contributed by atoms with van der Waals surface area (Å²) in [5, 5.41) is 8.79. The summed E-state index contributed by atoms with van der Waals surface area (Å²) in [6.07, 6.45) is 3.26. The lowest BCUT2D eigenvalue weighted by Crippen LogP contribution is -2.40. The molecule has 1 aromatic heterocycles.